The van der Waals surface area contributed by atoms with E-state index in [-0.39, 0.29) is 0 Å². The van der Waals surface area contributed by atoms with Crippen LogP contribution >= 0.6 is 0 Å². The topological polar surface area (TPSA) is 27.6 Å². The van der Waals surface area contributed by atoms with Gasteiger partial charge in [-0.15, -0.1) is 0 Å². The summed E-state index contributed by atoms with van der Waals surface area (Å²) in [6, 6.07) is 0.611. The van der Waals surface area contributed by atoms with Crippen molar-refractivity contribution < 1.29 is 0 Å². The van der Waals surface area contributed by atoms with Crippen LogP contribution in [0.4, 0.5) is 0 Å². The number of rotatable bonds is 2. The predicted octanol–water partition coefficient (Wildman–Crippen LogP) is 1.31. The average molecular weight is 183 g/mol. The molecule has 13 heavy (non-hydrogen) atoms. The molecule has 1 aliphatic carbocycles. The minimum absolute atomic E-state index is 0.611. The van der Waals surface area contributed by atoms with E-state index in [0.717, 1.165) is 11.9 Å². The molecule has 1 N–H and O–H groups in total. The number of hydrogen-bond acceptors (Lipinski definition) is 1. The minimum atomic E-state index is 0.611. The van der Waals surface area contributed by atoms with Crippen molar-refractivity contribution in [3.05, 3.63) is 0 Å². The number of nitrogens with one attached hydrogen (secondary N) is 1. The highest BCUT2D eigenvalue weighted by atomic mass is 15.3. The Morgan fingerprint density at radius 3 is 2.46 bits per heavy atom. The Kier molecular flexibility index (Phi) is 3.58. The third-order valence-electron chi connectivity index (χ3n) is 3.21. The summed E-state index contributed by atoms with van der Waals surface area (Å²) in [5.74, 6) is 1.86. The molecule has 0 aliphatic heterocycles. The molecule has 0 spiro atoms. The monoisotopic (exact) mass is 183 g/mol. The SMILES string of the molecule is CN=C(NC)N(C)C(C)C1CCC1. The van der Waals surface area contributed by atoms with Crippen molar-refractivity contribution in [1.29, 1.82) is 0 Å². The van der Waals surface area contributed by atoms with Gasteiger partial charge in [0.25, 0.3) is 0 Å². The van der Waals surface area contributed by atoms with Gasteiger partial charge in [0.05, 0.1) is 0 Å². The highest BCUT2D eigenvalue weighted by Gasteiger charge is 2.27. The maximum absolute atomic E-state index is 4.20. The Hall–Kier alpha value is -0.730. The lowest BCUT2D eigenvalue weighted by Gasteiger charge is -2.38. The maximum Gasteiger partial charge on any atom is 0.193 e. The quantitative estimate of drug-likeness (QED) is 0.516. The Morgan fingerprint density at radius 2 is 2.15 bits per heavy atom. The van der Waals surface area contributed by atoms with Crippen LogP contribution in [0.15, 0.2) is 4.99 Å². The van der Waals surface area contributed by atoms with Gasteiger partial charge in [0.2, 0.25) is 0 Å². The van der Waals surface area contributed by atoms with Gasteiger partial charge in [-0.05, 0) is 25.7 Å². The lowest BCUT2D eigenvalue weighted by atomic mass is 9.80. The fourth-order valence-electron chi connectivity index (χ4n) is 1.88. The summed E-state index contributed by atoms with van der Waals surface area (Å²) in [6.45, 7) is 2.28. The van der Waals surface area contributed by atoms with Crippen molar-refractivity contribution in [3.63, 3.8) is 0 Å². The summed E-state index contributed by atoms with van der Waals surface area (Å²) < 4.78 is 0. The number of nitrogens with zero attached hydrogens (tertiary/aromatic N) is 2. The van der Waals surface area contributed by atoms with Crippen LogP contribution in [0.3, 0.4) is 0 Å². The van der Waals surface area contributed by atoms with E-state index in [4.69, 9.17) is 0 Å². The lowest BCUT2D eigenvalue weighted by Crippen LogP contribution is -2.46. The first-order chi connectivity index (χ1) is 6.20. The molecule has 0 aromatic carbocycles. The first kappa shape index (κ1) is 10.4. The fourth-order valence-corrected chi connectivity index (χ4v) is 1.88. The van der Waals surface area contributed by atoms with Crippen molar-refractivity contribution in [1.82, 2.24) is 10.2 Å². The predicted molar refractivity (Wildman–Crippen MR) is 57.0 cm³/mol. The molecule has 0 aromatic heterocycles. The summed E-state index contributed by atoms with van der Waals surface area (Å²) in [4.78, 5) is 6.44. The smallest absolute Gasteiger partial charge is 0.193 e. The second-order valence-electron chi connectivity index (χ2n) is 3.84. The van der Waals surface area contributed by atoms with Crippen LogP contribution in [0.5, 0.6) is 0 Å². The summed E-state index contributed by atoms with van der Waals surface area (Å²) in [5, 5.41) is 3.11. The van der Waals surface area contributed by atoms with Crippen molar-refractivity contribution in [2.45, 2.75) is 32.2 Å². The number of guanidine groups is 1. The fraction of sp³-hybridized carbons (Fsp3) is 0.900. The number of aliphatic imine (C=N–C) groups is 1. The maximum atomic E-state index is 4.20. The van der Waals surface area contributed by atoms with E-state index in [1.165, 1.54) is 19.3 Å². The molecule has 1 saturated carbocycles. The molecular weight excluding hydrogens is 162 g/mol. The molecule has 1 atom stereocenters. The van der Waals surface area contributed by atoms with Crippen molar-refractivity contribution in [3.8, 4) is 0 Å². The zero-order chi connectivity index (χ0) is 9.84. The largest absolute Gasteiger partial charge is 0.359 e. The standard InChI is InChI=1S/C10H21N3/c1-8(9-6-5-7-9)13(4)10(11-2)12-3/h8-9H,5-7H2,1-4H3,(H,11,12). The summed E-state index contributed by atoms with van der Waals surface area (Å²) in [6.07, 6.45) is 4.17. The second kappa shape index (κ2) is 4.49. The molecule has 1 rings (SSSR count). The van der Waals surface area contributed by atoms with E-state index in [9.17, 15) is 0 Å². The summed E-state index contributed by atoms with van der Waals surface area (Å²) >= 11 is 0. The Bertz CT molecular complexity index is 185. The summed E-state index contributed by atoms with van der Waals surface area (Å²) in [5.41, 5.74) is 0. The van der Waals surface area contributed by atoms with Crippen molar-refractivity contribution >= 4 is 5.96 Å². The zero-order valence-corrected chi connectivity index (χ0v) is 9.17. The van der Waals surface area contributed by atoms with Gasteiger partial charge in [0, 0.05) is 27.2 Å². The molecular formula is C10H21N3. The van der Waals surface area contributed by atoms with Crippen molar-refractivity contribution in [2.75, 3.05) is 21.1 Å². The third-order valence-corrected chi connectivity index (χ3v) is 3.21. The van der Waals surface area contributed by atoms with Crippen LogP contribution in [0.1, 0.15) is 26.2 Å². The molecule has 76 valence electrons. The van der Waals surface area contributed by atoms with E-state index in [0.29, 0.717) is 6.04 Å². The highest BCUT2D eigenvalue weighted by molar-refractivity contribution is 5.79. The molecule has 0 bridgehead atoms. The van der Waals surface area contributed by atoms with Crippen LogP contribution in [0.2, 0.25) is 0 Å². The molecule has 0 amide bonds. The Morgan fingerprint density at radius 1 is 1.54 bits per heavy atom. The van der Waals surface area contributed by atoms with Crippen LogP contribution in [0.25, 0.3) is 0 Å². The van der Waals surface area contributed by atoms with Gasteiger partial charge in [-0.1, -0.05) is 6.42 Å². The van der Waals surface area contributed by atoms with Gasteiger partial charge in [-0.2, -0.15) is 0 Å². The molecule has 1 aliphatic rings. The first-order valence-electron chi connectivity index (χ1n) is 5.08. The van der Waals surface area contributed by atoms with E-state index in [1.54, 1.807) is 0 Å². The second-order valence-corrected chi connectivity index (χ2v) is 3.84. The van der Waals surface area contributed by atoms with Gasteiger partial charge in [-0.25, -0.2) is 0 Å². The van der Waals surface area contributed by atoms with Gasteiger partial charge in [-0.3, -0.25) is 4.99 Å². The van der Waals surface area contributed by atoms with Crippen LogP contribution in [-0.4, -0.2) is 38.0 Å². The van der Waals surface area contributed by atoms with Gasteiger partial charge >= 0.3 is 0 Å². The molecule has 3 heteroatoms. The van der Waals surface area contributed by atoms with Crippen LogP contribution < -0.4 is 5.32 Å². The van der Waals surface area contributed by atoms with Gasteiger partial charge in [0.1, 0.15) is 0 Å². The molecule has 0 radical (unpaired) electrons. The first-order valence-corrected chi connectivity index (χ1v) is 5.08. The molecule has 1 fully saturated rings. The molecule has 3 nitrogen and oxygen atoms in total. The molecule has 0 aromatic rings. The van der Waals surface area contributed by atoms with E-state index < -0.39 is 0 Å². The Labute approximate surface area is 81.2 Å². The van der Waals surface area contributed by atoms with Gasteiger partial charge < -0.3 is 10.2 Å². The Balaban J connectivity index is 2.49. The third kappa shape index (κ3) is 2.14. The normalized spacial score (nSPS) is 20.8. The highest BCUT2D eigenvalue weighted by Crippen LogP contribution is 2.31. The molecule has 1 unspecified atom stereocenters. The minimum Gasteiger partial charge on any atom is -0.359 e. The van der Waals surface area contributed by atoms with Crippen LogP contribution in [-0.2, 0) is 0 Å². The molecule has 0 heterocycles. The molecule has 0 saturated heterocycles. The number of hydrogen-bond donors (Lipinski definition) is 1. The van der Waals surface area contributed by atoms with Gasteiger partial charge in [0.15, 0.2) is 5.96 Å². The zero-order valence-electron chi connectivity index (χ0n) is 9.17. The lowest BCUT2D eigenvalue weighted by molar-refractivity contribution is 0.183. The van der Waals surface area contributed by atoms with Crippen LogP contribution in [0, 0.1) is 5.92 Å². The van der Waals surface area contributed by atoms with Crippen molar-refractivity contribution in [2.24, 2.45) is 10.9 Å². The van der Waals surface area contributed by atoms with E-state index in [1.807, 2.05) is 14.1 Å². The average Bonchev–Trinajstić information content (AvgIpc) is 2.03. The van der Waals surface area contributed by atoms with E-state index in [2.05, 4.69) is 29.2 Å². The van der Waals surface area contributed by atoms with E-state index >= 15 is 0 Å². The summed E-state index contributed by atoms with van der Waals surface area (Å²) in [7, 11) is 5.87.